The molecule has 3 rings (SSSR count). The SMILES string of the molecule is N#CC1CN(c2cccc(C(F)(F)F)n2)CCN1C1CC1. The van der Waals surface area contributed by atoms with Crippen LogP contribution in [0.2, 0.25) is 0 Å². The van der Waals surface area contributed by atoms with E-state index in [0.29, 0.717) is 31.5 Å². The molecule has 0 amide bonds. The zero-order valence-corrected chi connectivity index (χ0v) is 11.3. The van der Waals surface area contributed by atoms with Crippen LogP contribution in [0.1, 0.15) is 18.5 Å². The lowest BCUT2D eigenvalue weighted by molar-refractivity contribution is -0.141. The van der Waals surface area contributed by atoms with Crippen molar-refractivity contribution < 1.29 is 13.2 Å². The molecule has 2 aliphatic rings. The number of nitriles is 1. The summed E-state index contributed by atoms with van der Waals surface area (Å²) in [7, 11) is 0. The third kappa shape index (κ3) is 2.95. The number of rotatable bonds is 2. The Morgan fingerprint density at radius 3 is 2.62 bits per heavy atom. The van der Waals surface area contributed by atoms with Crippen LogP contribution in [-0.4, -0.2) is 41.6 Å². The topological polar surface area (TPSA) is 43.2 Å². The summed E-state index contributed by atoms with van der Waals surface area (Å²) in [6.07, 6.45) is -2.22. The Balaban J connectivity index is 1.77. The molecule has 2 heterocycles. The second-order valence-corrected chi connectivity index (χ2v) is 5.44. The fourth-order valence-electron chi connectivity index (χ4n) is 2.72. The molecule has 0 aromatic carbocycles. The van der Waals surface area contributed by atoms with Gasteiger partial charge in [0.2, 0.25) is 0 Å². The van der Waals surface area contributed by atoms with Gasteiger partial charge < -0.3 is 4.90 Å². The molecule has 0 bridgehead atoms. The van der Waals surface area contributed by atoms with Crippen molar-refractivity contribution in [1.82, 2.24) is 9.88 Å². The molecule has 112 valence electrons. The highest BCUT2D eigenvalue weighted by molar-refractivity contribution is 5.41. The zero-order chi connectivity index (χ0) is 15.0. The number of piperazine rings is 1. The van der Waals surface area contributed by atoms with Crippen LogP contribution in [0.15, 0.2) is 18.2 Å². The first-order valence-electron chi connectivity index (χ1n) is 6.93. The van der Waals surface area contributed by atoms with E-state index in [4.69, 9.17) is 0 Å². The van der Waals surface area contributed by atoms with Crippen LogP contribution < -0.4 is 4.90 Å². The van der Waals surface area contributed by atoms with Crippen molar-refractivity contribution in [3.8, 4) is 6.07 Å². The second-order valence-electron chi connectivity index (χ2n) is 5.44. The van der Waals surface area contributed by atoms with E-state index in [1.54, 1.807) is 11.0 Å². The molecule has 0 N–H and O–H groups in total. The second kappa shape index (κ2) is 5.19. The third-order valence-corrected chi connectivity index (χ3v) is 3.94. The highest BCUT2D eigenvalue weighted by Crippen LogP contribution is 2.32. The summed E-state index contributed by atoms with van der Waals surface area (Å²) in [6, 6.07) is 6.35. The van der Waals surface area contributed by atoms with Crippen LogP contribution in [0.4, 0.5) is 19.0 Å². The Bertz CT molecular complexity index is 562. The number of nitrogens with zero attached hydrogens (tertiary/aromatic N) is 4. The van der Waals surface area contributed by atoms with Crippen LogP contribution in [-0.2, 0) is 6.18 Å². The third-order valence-electron chi connectivity index (χ3n) is 3.94. The number of aromatic nitrogens is 1. The minimum atomic E-state index is -4.44. The van der Waals surface area contributed by atoms with E-state index in [9.17, 15) is 18.4 Å². The van der Waals surface area contributed by atoms with Gasteiger partial charge in [-0.25, -0.2) is 4.98 Å². The molecule has 1 aliphatic heterocycles. The number of alkyl halides is 3. The van der Waals surface area contributed by atoms with Crippen molar-refractivity contribution in [2.24, 2.45) is 0 Å². The monoisotopic (exact) mass is 296 g/mol. The van der Waals surface area contributed by atoms with E-state index in [2.05, 4.69) is 16.0 Å². The van der Waals surface area contributed by atoms with Crippen molar-refractivity contribution in [2.45, 2.75) is 31.1 Å². The van der Waals surface area contributed by atoms with Crippen molar-refractivity contribution >= 4 is 5.82 Å². The first-order chi connectivity index (χ1) is 9.99. The molecule has 1 aromatic heterocycles. The zero-order valence-electron chi connectivity index (χ0n) is 11.3. The minimum absolute atomic E-state index is 0.275. The van der Waals surface area contributed by atoms with Gasteiger partial charge in [0.25, 0.3) is 0 Å². The molecule has 2 fully saturated rings. The van der Waals surface area contributed by atoms with E-state index in [1.807, 2.05) is 0 Å². The molecule has 0 radical (unpaired) electrons. The van der Waals surface area contributed by atoms with Crippen molar-refractivity contribution in [3.63, 3.8) is 0 Å². The average molecular weight is 296 g/mol. The maximum Gasteiger partial charge on any atom is 0.433 e. The highest BCUT2D eigenvalue weighted by Gasteiger charge is 2.38. The number of hydrogen-bond acceptors (Lipinski definition) is 4. The summed E-state index contributed by atoms with van der Waals surface area (Å²) in [5.74, 6) is 0.292. The Labute approximate surface area is 120 Å². The van der Waals surface area contributed by atoms with Gasteiger partial charge in [0.1, 0.15) is 17.6 Å². The Morgan fingerprint density at radius 2 is 2.00 bits per heavy atom. The maximum atomic E-state index is 12.7. The Kier molecular flexibility index (Phi) is 3.49. The number of hydrogen-bond donors (Lipinski definition) is 0. The van der Waals surface area contributed by atoms with Gasteiger partial charge in [0.05, 0.1) is 6.07 Å². The van der Waals surface area contributed by atoms with Crippen molar-refractivity contribution in [3.05, 3.63) is 23.9 Å². The molecule has 7 heteroatoms. The summed E-state index contributed by atoms with van der Waals surface area (Å²) in [5, 5.41) is 9.27. The van der Waals surface area contributed by atoms with Gasteiger partial charge in [-0.2, -0.15) is 18.4 Å². The minimum Gasteiger partial charge on any atom is -0.353 e. The van der Waals surface area contributed by atoms with Crippen molar-refractivity contribution in [1.29, 1.82) is 5.26 Å². The van der Waals surface area contributed by atoms with Gasteiger partial charge in [-0.15, -0.1) is 0 Å². The van der Waals surface area contributed by atoms with Gasteiger partial charge in [-0.05, 0) is 25.0 Å². The lowest BCUT2D eigenvalue weighted by Crippen LogP contribution is -2.53. The van der Waals surface area contributed by atoms with Gasteiger partial charge in [0.15, 0.2) is 0 Å². The fraction of sp³-hybridized carbons (Fsp3) is 0.571. The van der Waals surface area contributed by atoms with Gasteiger partial charge in [-0.1, -0.05) is 6.07 Å². The van der Waals surface area contributed by atoms with Gasteiger partial charge in [0, 0.05) is 25.7 Å². The van der Waals surface area contributed by atoms with Crippen LogP contribution in [0.25, 0.3) is 0 Å². The largest absolute Gasteiger partial charge is 0.433 e. The highest BCUT2D eigenvalue weighted by atomic mass is 19.4. The molecular formula is C14H15F3N4. The summed E-state index contributed by atoms with van der Waals surface area (Å²) in [5.41, 5.74) is -0.891. The molecular weight excluding hydrogens is 281 g/mol. The number of anilines is 1. The molecule has 21 heavy (non-hydrogen) atoms. The average Bonchev–Trinajstić information content (AvgIpc) is 3.30. The van der Waals surface area contributed by atoms with E-state index < -0.39 is 11.9 Å². The summed E-state index contributed by atoms with van der Waals surface area (Å²) < 4.78 is 38.1. The standard InChI is InChI=1S/C14H15F3N4/c15-14(16,17)12-2-1-3-13(19-12)20-6-7-21(10-4-5-10)11(8-18)9-20/h1-3,10-11H,4-7,9H2. The summed E-state index contributed by atoms with van der Waals surface area (Å²) in [4.78, 5) is 7.62. The maximum absolute atomic E-state index is 12.7. The van der Waals surface area contributed by atoms with E-state index in [1.165, 1.54) is 6.07 Å². The molecule has 4 nitrogen and oxygen atoms in total. The first kappa shape index (κ1) is 14.1. The molecule has 0 spiro atoms. The molecule has 1 aliphatic carbocycles. The van der Waals surface area contributed by atoms with E-state index in [-0.39, 0.29) is 6.04 Å². The Morgan fingerprint density at radius 1 is 1.24 bits per heavy atom. The molecule has 1 unspecified atom stereocenters. The first-order valence-corrected chi connectivity index (χ1v) is 6.93. The molecule has 1 saturated carbocycles. The van der Waals surface area contributed by atoms with Crippen LogP contribution in [0.5, 0.6) is 0 Å². The summed E-state index contributed by atoms with van der Waals surface area (Å²) >= 11 is 0. The lowest BCUT2D eigenvalue weighted by Gasteiger charge is -2.39. The Hall–Kier alpha value is -1.81. The summed E-state index contributed by atoms with van der Waals surface area (Å²) in [6.45, 7) is 1.70. The normalized spacial score (nSPS) is 23.9. The fourth-order valence-corrected chi connectivity index (χ4v) is 2.72. The van der Waals surface area contributed by atoms with Gasteiger partial charge >= 0.3 is 6.18 Å². The smallest absolute Gasteiger partial charge is 0.353 e. The predicted molar refractivity (Wildman–Crippen MR) is 70.6 cm³/mol. The lowest BCUT2D eigenvalue weighted by atomic mass is 10.1. The molecule has 1 aromatic rings. The number of halogens is 3. The van der Waals surface area contributed by atoms with Crippen LogP contribution >= 0.6 is 0 Å². The van der Waals surface area contributed by atoms with Gasteiger partial charge in [-0.3, -0.25) is 4.90 Å². The predicted octanol–water partition coefficient (Wildman–Crippen LogP) is 2.28. The number of pyridine rings is 1. The molecule has 1 atom stereocenters. The molecule has 1 saturated heterocycles. The van der Waals surface area contributed by atoms with E-state index in [0.717, 1.165) is 18.9 Å². The van der Waals surface area contributed by atoms with Crippen molar-refractivity contribution in [2.75, 3.05) is 24.5 Å². The van der Waals surface area contributed by atoms with Crippen LogP contribution in [0.3, 0.4) is 0 Å². The van der Waals surface area contributed by atoms with Crippen LogP contribution in [0, 0.1) is 11.3 Å². The quantitative estimate of drug-likeness (QED) is 0.840. The van der Waals surface area contributed by atoms with E-state index >= 15 is 0 Å².